The number of hydrogen-bond acceptors (Lipinski definition) is 3. The maximum absolute atomic E-state index is 13.9. The average Bonchev–Trinajstić information content (AvgIpc) is 2.44. The standard InChI is InChI=1S/C14H13Br2F2N3/c1-2-6-19-13-10(17)7-11(18)14(21-13)20-12-8(15)4-3-5-9(12)16/h3-5,7H,2,6H2,1H3,(H2,19,20,21). The van der Waals surface area contributed by atoms with Gasteiger partial charge in [0.2, 0.25) is 0 Å². The summed E-state index contributed by atoms with van der Waals surface area (Å²) in [5.41, 5.74) is 0.622. The Morgan fingerprint density at radius 1 is 1.10 bits per heavy atom. The molecular formula is C14H13Br2F2N3. The van der Waals surface area contributed by atoms with Crippen molar-refractivity contribution in [2.75, 3.05) is 17.2 Å². The van der Waals surface area contributed by atoms with E-state index < -0.39 is 11.6 Å². The Bertz CT molecular complexity index is 630. The van der Waals surface area contributed by atoms with Crippen molar-refractivity contribution >= 4 is 49.2 Å². The van der Waals surface area contributed by atoms with Crippen LogP contribution in [0.2, 0.25) is 0 Å². The number of rotatable bonds is 5. The lowest BCUT2D eigenvalue weighted by molar-refractivity contribution is 0.579. The second-order valence-corrected chi connectivity index (χ2v) is 6.01. The van der Waals surface area contributed by atoms with Crippen LogP contribution in [0.25, 0.3) is 0 Å². The number of halogens is 4. The molecule has 1 heterocycles. The topological polar surface area (TPSA) is 37.0 Å². The van der Waals surface area contributed by atoms with Crippen molar-refractivity contribution in [1.29, 1.82) is 0 Å². The van der Waals surface area contributed by atoms with Gasteiger partial charge >= 0.3 is 0 Å². The van der Waals surface area contributed by atoms with E-state index in [0.717, 1.165) is 21.4 Å². The molecular weight excluding hydrogens is 408 g/mol. The molecule has 7 heteroatoms. The first-order valence-corrected chi connectivity index (χ1v) is 7.92. The summed E-state index contributed by atoms with van der Waals surface area (Å²) in [7, 11) is 0. The summed E-state index contributed by atoms with van der Waals surface area (Å²) in [5, 5.41) is 5.70. The molecule has 2 N–H and O–H groups in total. The van der Waals surface area contributed by atoms with Crippen molar-refractivity contribution in [1.82, 2.24) is 4.98 Å². The van der Waals surface area contributed by atoms with Crippen LogP contribution in [0.5, 0.6) is 0 Å². The number of pyridine rings is 1. The molecule has 0 amide bonds. The molecule has 1 aromatic heterocycles. The normalized spacial score (nSPS) is 10.5. The average molecular weight is 421 g/mol. The number of aromatic nitrogens is 1. The van der Waals surface area contributed by atoms with E-state index in [9.17, 15) is 8.78 Å². The van der Waals surface area contributed by atoms with E-state index in [1.807, 2.05) is 25.1 Å². The van der Waals surface area contributed by atoms with E-state index in [-0.39, 0.29) is 11.6 Å². The summed E-state index contributed by atoms with van der Waals surface area (Å²) < 4.78 is 29.0. The van der Waals surface area contributed by atoms with Gasteiger partial charge in [0.25, 0.3) is 0 Å². The Labute approximate surface area is 138 Å². The van der Waals surface area contributed by atoms with E-state index in [1.165, 1.54) is 0 Å². The van der Waals surface area contributed by atoms with Crippen molar-refractivity contribution in [2.24, 2.45) is 0 Å². The predicted octanol–water partition coefficient (Wildman–Crippen LogP) is 5.45. The molecule has 0 atom stereocenters. The summed E-state index contributed by atoms with van der Waals surface area (Å²) in [4.78, 5) is 3.97. The Hall–Kier alpha value is -1.21. The molecule has 0 fully saturated rings. The molecule has 0 bridgehead atoms. The Balaban J connectivity index is 2.35. The molecule has 3 nitrogen and oxygen atoms in total. The lowest BCUT2D eigenvalue weighted by Crippen LogP contribution is -2.08. The van der Waals surface area contributed by atoms with E-state index in [2.05, 4.69) is 47.5 Å². The third-order valence-electron chi connectivity index (χ3n) is 2.68. The Morgan fingerprint density at radius 2 is 1.71 bits per heavy atom. The van der Waals surface area contributed by atoms with Crippen LogP contribution in [0.15, 0.2) is 33.2 Å². The van der Waals surface area contributed by atoms with Crippen molar-refractivity contribution in [3.8, 4) is 0 Å². The highest BCUT2D eigenvalue weighted by Crippen LogP contribution is 2.33. The second kappa shape index (κ2) is 7.17. The van der Waals surface area contributed by atoms with Gasteiger partial charge in [0.15, 0.2) is 23.3 Å². The summed E-state index contributed by atoms with van der Waals surface area (Å²) in [6.45, 7) is 2.51. The zero-order valence-electron chi connectivity index (χ0n) is 11.2. The minimum absolute atomic E-state index is 0.0314. The molecule has 0 radical (unpaired) electrons. The van der Waals surface area contributed by atoms with Crippen LogP contribution in [0, 0.1) is 11.6 Å². The number of nitrogens with one attached hydrogen (secondary N) is 2. The van der Waals surface area contributed by atoms with Crippen LogP contribution in [-0.4, -0.2) is 11.5 Å². The first-order valence-electron chi connectivity index (χ1n) is 6.34. The van der Waals surface area contributed by atoms with E-state index in [4.69, 9.17) is 0 Å². The van der Waals surface area contributed by atoms with Gasteiger partial charge in [-0.2, -0.15) is 0 Å². The highest BCUT2D eigenvalue weighted by molar-refractivity contribution is 9.11. The van der Waals surface area contributed by atoms with Crippen molar-refractivity contribution in [3.63, 3.8) is 0 Å². The molecule has 2 aromatic rings. The van der Waals surface area contributed by atoms with Gasteiger partial charge < -0.3 is 10.6 Å². The number of nitrogens with zero attached hydrogens (tertiary/aromatic N) is 1. The van der Waals surface area contributed by atoms with Gasteiger partial charge in [-0.1, -0.05) is 13.0 Å². The zero-order valence-corrected chi connectivity index (χ0v) is 14.4. The number of anilines is 3. The van der Waals surface area contributed by atoms with Gasteiger partial charge in [-0.3, -0.25) is 0 Å². The monoisotopic (exact) mass is 419 g/mol. The molecule has 0 unspecified atom stereocenters. The van der Waals surface area contributed by atoms with Gasteiger partial charge in [-0.15, -0.1) is 0 Å². The van der Waals surface area contributed by atoms with Gasteiger partial charge in [0, 0.05) is 21.6 Å². The SMILES string of the molecule is CCCNc1nc(Nc2c(Br)cccc2Br)c(F)cc1F. The molecule has 0 saturated carbocycles. The second-order valence-electron chi connectivity index (χ2n) is 4.30. The molecule has 0 saturated heterocycles. The molecule has 112 valence electrons. The number of benzene rings is 1. The summed E-state index contributed by atoms with van der Waals surface area (Å²) in [6, 6.07) is 6.27. The zero-order chi connectivity index (χ0) is 15.4. The minimum atomic E-state index is -0.753. The maximum Gasteiger partial charge on any atom is 0.169 e. The fraction of sp³-hybridized carbons (Fsp3) is 0.214. The molecule has 0 aliphatic rings. The molecule has 0 spiro atoms. The molecule has 1 aromatic carbocycles. The van der Waals surface area contributed by atoms with Gasteiger partial charge in [-0.25, -0.2) is 13.8 Å². The van der Waals surface area contributed by atoms with Crippen LogP contribution >= 0.6 is 31.9 Å². The highest BCUT2D eigenvalue weighted by Gasteiger charge is 2.14. The van der Waals surface area contributed by atoms with E-state index in [0.29, 0.717) is 12.2 Å². The smallest absolute Gasteiger partial charge is 0.169 e. The van der Waals surface area contributed by atoms with Crippen molar-refractivity contribution in [2.45, 2.75) is 13.3 Å². The van der Waals surface area contributed by atoms with Gasteiger partial charge in [0.05, 0.1) is 5.69 Å². The Morgan fingerprint density at radius 3 is 2.33 bits per heavy atom. The van der Waals surface area contributed by atoms with E-state index >= 15 is 0 Å². The summed E-state index contributed by atoms with van der Waals surface area (Å²) in [5.74, 6) is -1.47. The Kier molecular flexibility index (Phi) is 5.52. The fourth-order valence-corrected chi connectivity index (χ4v) is 2.85. The van der Waals surface area contributed by atoms with Crippen LogP contribution in [0.1, 0.15) is 13.3 Å². The summed E-state index contributed by atoms with van der Waals surface area (Å²) >= 11 is 6.74. The maximum atomic E-state index is 13.9. The van der Waals surface area contributed by atoms with Crippen molar-refractivity contribution < 1.29 is 8.78 Å². The quantitative estimate of drug-likeness (QED) is 0.675. The molecule has 21 heavy (non-hydrogen) atoms. The van der Waals surface area contributed by atoms with Crippen molar-refractivity contribution in [3.05, 3.63) is 44.8 Å². The molecule has 0 aliphatic heterocycles. The minimum Gasteiger partial charge on any atom is -0.368 e. The van der Waals surface area contributed by atoms with Gasteiger partial charge in [0.1, 0.15) is 0 Å². The number of hydrogen-bond donors (Lipinski definition) is 2. The van der Waals surface area contributed by atoms with Crippen LogP contribution in [0.4, 0.5) is 26.1 Å². The van der Waals surface area contributed by atoms with Crippen LogP contribution < -0.4 is 10.6 Å². The number of para-hydroxylation sites is 1. The summed E-state index contributed by atoms with van der Waals surface area (Å²) in [6.07, 6.45) is 0.817. The largest absolute Gasteiger partial charge is 0.368 e. The van der Waals surface area contributed by atoms with Crippen LogP contribution in [-0.2, 0) is 0 Å². The highest BCUT2D eigenvalue weighted by atomic mass is 79.9. The molecule has 0 aliphatic carbocycles. The third-order valence-corrected chi connectivity index (χ3v) is 4.00. The molecule has 2 rings (SSSR count). The third kappa shape index (κ3) is 3.91. The van der Waals surface area contributed by atoms with E-state index in [1.54, 1.807) is 0 Å². The first kappa shape index (κ1) is 16.2. The lowest BCUT2D eigenvalue weighted by atomic mass is 10.3. The van der Waals surface area contributed by atoms with Crippen LogP contribution in [0.3, 0.4) is 0 Å². The first-order chi connectivity index (χ1) is 10.0. The predicted molar refractivity (Wildman–Crippen MR) is 88.1 cm³/mol. The van der Waals surface area contributed by atoms with Gasteiger partial charge in [-0.05, 0) is 50.4 Å². The lowest BCUT2D eigenvalue weighted by Gasteiger charge is -2.13. The fourth-order valence-electron chi connectivity index (χ4n) is 1.66.